The molecular formula is C10H9N5O. The van der Waals surface area contributed by atoms with Gasteiger partial charge in [0.2, 0.25) is 5.91 Å². The van der Waals surface area contributed by atoms with Crippen LogP contribution in [0.25, 0.3) is 0 Å². The summed E-state index contributed by atoms with van der Waals surface area (Å²) in [6.45, 7) is 1.74. The zero-order valence-electron chi connectivity index (χ0n) is 8.61. The average Bonchev–Trinajstić information content (AvgIpc) is 2.85. The Morgan fingerprint density at radius 3 is 2.25 bits per heavy atom. The zero-order valence-corrected chi connectivity index (χ0v) is 8.61. The lowest BCUT2D eigenvalue weighted by molar-refractivity contribution is -0.124. The molecule has 1 saturated carbocycles. The molecule has 0 bridgehead atoms. The molecule has 1 amide bonds. The molecule has 3 N–H and O–H groups in total. The maximum absolute atomic E-state index is 11.8. The van der Waals surface area contributed by atoms with Gasteiger partial charge in [-0.1, -0.05) is 6.92 Å². The maximum atomic E-state index is 11.8. The van der Waals surface area contributed by atoms with Crippen molar-refractivity contribution in [1.82, 2.24) is 5.32 Å². The molecule has 2 fully saturated rings. The Kier molecular flexibility index (Phi) is 1.64. The summed E-state index contributed by atoms with van der Waals surface area (Å²) in [5.41, 5.74) is 1.64. The highest BCUT2D eigenvalue weighted by Crippen LogP contribution is 2.74. The normalized spacial score (nSPS) is 42.2. The van der Waals surface area contributed by atoms with Crippen molar-refractivity contribution in [1.29, 1.82) is 15.8 Å². The number of carbonyl (C=O) groups excluding carboxylic acids is 1. The number of fused-ring (bicyclic) bond motifs is 1. The van der Waals surface area contributed by atoms with Gasteiger partial charge in [0.15, 0.2) is 10.8 Å². The summed E-state index contributed by atoms with van der Waals surface area (Å²) < 4.78 is 0. The van der Waals surface area contributed by atoms with Crippen molar-refractivity contribution in [2.24, 2.45) is 22.5 Å². The second-order valence-corrected chi connectivity index (χ2v) is 4.23. The van der Waals surface area contributed by atoms with Crippen molar-refractivity contribution in [3.8, 4) is 18.2 Å². The van der Waals surface area contributed by atoms with Crippen molar-refractivity contribution in [3.63, 3.8) is 0 Å². The summed E-state index contributed by atoms with van der Waals surface area (Å²) in [6, 6.07) is 5.39. The first-order chi connectivity index (χ1) is 7.49. The minimum absolute atomic E-state index is 0.373. The molecule has 1 saturated heterocycles. The zero-order chi connectivity index (χ0) is 12.2. The third-order valence-electron chi connectivity index (χ3n) is 3.74. The number of rotatable bonds is 1. The molecule has 0 unspecified atom stereocenters. The number of nitrogens with two attached hydrogens (primary N) is 1. The van der Waals surface area contributed by atoms with Gasteiger partial charge >= 0.3 is 0 Å². The van der Waals surface area contributed by atoms with Crippen LogP contribution in [0.4, 0.5) is 0 Å². The summed E-state index contributed by atoms with van der Waals surface area (Å²) in [5, 5.41) is 29.7. The number of hydrogen-bond donors (Lipinski definition) is 2. The summed E-state index contributed by atoms with van der Waals surface area (Å²) in [6.07, 6.45) is 0.373. The predicted octanol–water partition coefficient (Wildman–Crippen LogP) is -0.645. The molecule has 0 aromatic heterocycles. The summed E-state index contributed by atoms with van der Waals surface area (Å²) in [4.78, 5) is 11.8. The Morgan fingerprint density at radius 1 is 1.38 bits per heavy atom. The van der Waals surface area contributed by atoms with E-state index in [-0.39, 0.29) is 0 Å². The van der Waals surface area contributed by atoms with Crippen LogP contribution in [0, 0.1) is 50.7 Å². The Balaban J connectivity index is 2.63. The summed E-state index contributed by atoms with van der Waals surface area (Å²) in [5.74, 6) is -1.35. The molecule has 0 spiro atoms. The molecule has 6 nitrogen and oxygen atoms in total. The van der Waals surface area contributed by atoms with E-state index < -0.39 is 28.3 Å². The monoisotopic (exact) mass is 215 g/mol. The lowest BCUT2D eigenvalue weighted by Gasteiger charge is -2.26. The van der Waals surface area contributed by atoms with Crippen LogP contribution < -0.4 is 11.1 Å². The SMILES string of the molecule is CC[C@@]1(N)NC(=O)[C@]2(C#N)[C@H]1C2(C#N)C#N. The quantitative estimate of drug-likeness (QED) is 0.601. The van der Waals surface area contributed by atoms with Gasteiger partial charge in [-0.15, -0.1) is 0 Å². The molecule has 0 radical (unpaired) electrons. The molecule has 1 heterocycles. The van der Waals surface area contributed by atoms with Crippen LogP contribution in [0.5, 0.6) is 0 Å². The molecule has 3 atom stereocenters. The maximum Gasteiger partial charge on any atom is 0.245 e. The van der Waals surface area contributed by atoms with Gasteiger partial charge in [0.25, 0.3) is 0 Å². The Bertz CT molecular complexity index is 493. The van der Waals surface area contributed by atoms with Crippen molar-refractivity contribution < 1.29 is 4.79 Å². The number of nitrogens with one attached hydrogen (secondary N) is 1. The van der Waals surface area contributed by atoms with Gasteiger partial charge in [-0.2, -0.15) is 15.8 Å². The Hall–Kier alpha value is -2.10. The van der Waals surface area contributed by atoms with Gasteiger partial charge in [-0.05, 0) is 6.42 Å². The highest BCUT2D eigenvalue weighted by atomic mass is 16.2. The fourth-order valence-electron chi connectivity index (χ4n) is 2.77. The van der Waals surface area contributed by atoms with E-state index in [1.54, 1.807) is 19.1 Å². The number of amides is 1. The first-order valence-corrected chi connectivity index (χ1v) is 4.84. The minimum atomic E-state index is -1.59. The molecule has 80 valence electrons. The molecule has 2 rings (SSSR count). The summed E-state index contributed by atoms with van der Waals surface area (Å²) in [7, 11) is 0. The van der Waals surface area contributed by atoms with E-state index in [4.69, 9.17) is 21.5 Å². The van der Waals surface area contributed by atoms with Gasteiger partial charge < -0.3 is 11.1 Å². The van der Waals surface area contributed by atoms with Gasteiger partial charge in [-0.25, -0.2) is 0 Å². The van der Waals surface area contributed by atoms with Gasteiger partial charge in [0.1, 0.15) is 0 Å². The van der Waals surface area contributed by atoms with E-state index in [2.05, 4.69) is 5.32 Å². The van der Waals surface area contributed by atoms with Gasteiger partial charge in [0, 0.05) is 0 Å². The number of carbonyl (C=O) groups is 1. The highest BCUT2D eigenvalue weighted by Gasteiger charge is 2.92. The van der Waals surface area contributed by atoms with Crippen LogP contribution >= 0.6 is 0 Å². The van der Waals surface area contributed by atoms with Crippen LogP contribution in [0.2, 0.25) is 0 Å². The third-order valence-corrected chi connectivity index (χ3v) is 3.74. The lowest BCUT2D eigenvalue weighted by Crippen LogP contribution is -2.55. The van der Waals surface area contributed by atoms with E-state index in [9.17, 15) is 4.79 Å². The van der Waals surface area contributed by atoms with E-state index >= 15 is 0 Å². The molecule has 2 aliphatic rings. The van der Waals surface area contributed by atoms with Crippen LogP contribution in [-0.4, -0.2) is 11.6 Å². The molecule has 1 aliphatic carbocycles. The fraction of sp³-hybridized carbons (Fsp3) is 0.600. The molecular weight excluding hydrogens is 206 g/mol. The molecule has 16 heavy (non-hydrogen) atoms. The standard InChI is InChI=1S/C10H9N5O/c1-2-10(14)6-8(3-11,4-12)9(6,5-13)7(16)15-10/h6H,2,14H2,1H3,(H,15,16)/t6-,9+,10-/m1/s1. The van der Waals surface area contributed by atoms with E-state index in [1.807, 2.05) is 6.07 Å². The topological polar surface area (TPSA) is 126 Å². The van der Waals surface area contributed by atoms with Gasteiger partial charge in [0.05, 0.1) is 29.8 Å². The number of piperidine rings is 1. The van der Waals surface area contributed by atoms with E-state index in [0.29, 0.717) is 6.42 Å². The largest absolute Gasteiger partial charge is 0.336 e. The van der Waals surface area contributed by atoms with E-state index in [1.165, 1.54) is 0 Å². The van der Waals surface area contributed by atoms with Crippen LogP contribution in [0.15, 0.2) is 0 Å². The second-order valence-electron chi connectivity index (χ2n) is 4.23. The molecule has 0 aromatic carbocycles. The number of nitriles is 3. The Labute approximate surface area is 92.2 Å². The van der Waals surface area contributed by atoms with E-state index in [0.717, 1.165) is 0 Å². The first kappa shape index (κ1) is 10.4. The first-order valence-electron chi connectivity index (χ1n) is 4.84. The van der Waals surface area contributed by atoms with Crippen LogP contribution in [0.1, 0.15) is 13.3 Å². The van der Waals surface area contributed by atoms with Crippen molar-refractivity contribution in [3.05, 3.63) is 0 Å². The van der Waals surface area contributed by atoms with Crippen molar-refractivity contribution in [2.45, 2.75) is 19.0 Å². The number of nitrogens with zero attached hydrogens (tertiary/aromatic N) is 3. The predicted molar refractivity (Wildman–Crippen MR) is 50.5 cm³/mol. The smallest absolute Gasteiger partial charge is 0.245 e. The lowest BCUT2D eigenvalue weighted by atomic mass is 9.93. The second kappa shape index (κ2) is 2.52. The third kappa shape index (κ3) is 0.671. The molecule has 0 aromatic rings. The van der Waals surface area contributed by atoms with Crippen molar-refractivity contribution in [2.75, 3.05) is 0 Å². The minimum Gasteiger partial charge on any atom is -0.336 e. The fourth-order valence-corrected chi connectivity index (χ4v) is 2.77. The average molecular weight is 215 g/mol. The summed E-state index contributed by atoms with van der Waals surface area (Å²) >= 11 is 0. The molecule has 6 heteroatoms. The van der Waals surface area contributed by atoms with Crippen LogP contribution in [0.3, 0.4) is 0 Å². The molecule has 1 aliphatic heterocycles. The van der Waals surface area contributed by atoms with Crippen LogP contribution in [-0.2, 0) is 4.79 Å². The van der Waals surface area contributed by atoms with Crippen molar-refractivity contribution >= 4 is 5.91 Å². The van der Waals surface area contributed by atoms with Gasteiger partial charge in [-0.3, -0.25) is 4.79 Å². The highest BCUT2D eigenvalue weighted by molar-refractivity contribution is 5.97. The number of hydrogen-bond acceptors (Lipinski definition) is 5. The Morgan fingerprint density at radius 2 is 1.94 bits per heavy atom.